The summed E-state index contributed by atoms with van der Waals surface area (Å²) in [5, 5.41) is 0. The van der Waals surface area contributed by atoms with E-state index in [9.17, 15) is 0 Å². The quantitative estimate of drug-likeness (QED) is 0.190. The summed E-state index contributed by atoms with van der Waals surface area (Å²) in [7, 11) is 0.946. The Kier molecular flexibility index (Phi) is 12.2. The third-order valence-electron chi connectivity index (χ3n) is 6.13. The molecule has 2 aromatic rings. The summed E-state index contributed by atoms with van der Waals surface area (Å²) in [5.74, 6) is 1.58. The van der Waals surface area contributed by atoms with E-state index < -0.39 is 16.9 Å². The van der Waals surface area contributed by atoms with Crippen molar-refractivity contribution in [3.05, 3.63) is 53.3 Å². The van der Waals surface area contributed by atoms with Crippen LogP contribution >= 0.6 is 63.7 Å². The molecule has 0 atom stereocenters. The number of rotatable bonds is 13. The molecular formula is C25H36Br4O5Si2. The molecule has 0 saturated heterocycles. The van der Waals surface area contributed by atoms with Crippen LogP contribution in [0.4, 0.5) is 0 Å². The van der Waals surface area contributed by atoms with Crippen LogP contribution in [0.1, 0.15) is 25.0 Å². The van der Waals surface area contributed by atoms with Crippen LogP contribution in [0, 0.1) is 0 Å². The van der Waals surface area contributed by atoms with E-state index in [4.69, 9.17) is 22.8 Å². The fraction of sp³-hybridized carbons (Fsp3) is 0.520. The highest BCUT2D eigenvalue weighted by atomic mass is 79.9. The second-order valence-electron chi connectivity index (χ2n) is 10.2. The number of halogens is 4. The SMILES string of the molecule is CO[Si](CCOc1c(Br)cc(C(C)(C)c2cc(Br)c(OCC[Si](C)(C)C)c(Br)c2)cc1Br)(OC)OC. The van der Waals surface area contributed by atoms with Crippen LogP contribution in [0.15, 0.2) is 42.2 Å². The molecule has 5 nitrogen and oxygen atoms in total. The molecule has 0 amide bonds. The highest BCUT2D eigenvalue weighted by molar-refractivity contribution is 9.11. The number of hydrogen-bond donors (Lipinski definition) is 0. The Morgan fingerprint density at radius 3 is 1.28 bits per heavy atom. The Hall–Kier alpha value is 0.274. The first-order chi connectivity index (χ1) is 16.7. The van der Waals surface area contributed by atoms with Crippen molar-refractivity contribution in [3.8, 4) is 11.5 Å². The zero-order valence-corrected chi connectivity index (χ0v) is 30.5. The van der Waals surface area contributed by atoms with Gasteiger partial charge in [0, 0.05) is 34.8 Å². The average molecular weight is 792 g/mol. The van der Waals surface area contributed by atoms with Gasteiger partial charge >= 0.3 is 8.80 Å². The van der Waals surface area contributed by atoms with E-state index in [1.54, 1.807) is 21.3 Å². The normalized spacial score (nSPS) is 12.7. The molecule has 202 valence electrons. The van der Waals surface area contributed by atoms with E-state index >= 15 is 0 Å². The first-order valence-electron chi connectivity index (χ1n) is 11.6. The summed E-state index contributed by atoms with van der Waals surface area (Å²) < 4.78 is 32.3. The maximum Gasteiger partial charge on any atom is 0.503 e. The van der Waals surface area contributed by atoms with Crippen LogP contribution < -0.4 is 9.47 Å². The highest BCUT2D eigenvalue weighted by Gasteiger charge is 2.38. The molecule has 0 bridgehead atoms. The number of ether oxygens (including phenoxy) is 2. The van der Waals surface area contributed by atoms with Gasteiger partial charge in [0.25, 0.3) is 0 Å². The smallest absolute Gasteiger partial charge is 0.492 e. The lowest BCUT2D eigenvalue weighted by Crippen LogP contribution is -2.44. The van der Waals surface area contributed by atoms with E-state index in [0.29, 0.717) is 12.7 Å². The molecule has 11 heteroatoms. The van der Waals surface area contributed by atoms with Gasteiger partial charge in [-0.1, -0.05) is 33.5 Å². The molecule has 0 fully saturated rings. The minimum atomic E-state index is -2.70. The summed E-state index contributed by atoms with van der Waals surface area (Å²) in [5.41, 5.74) is 2.01. The van der Waals surface area contributed by atoms with E-state index in [0.717, 1.165) is 53.2 Å². The Balaban J connectivity index is 2.25. The van der Waals surface area contributed by atoms with E-state index in [1.165, 1.54) is 0 Å². The highest BCUT2D eigenvalue weighted by Crippen LogP contribution is 2.44. The van der Waals surface area contributed by atoms with Gasteiger partial charge in [-0.2, -0.15) is 0 Å². The number of hydrogen-bond acceptors (Lipinski definition) is 5. The molecule has 0 saturated carbocycles. The zero-order valence-electron chi connectivity index (χ0n) is 22.2. The Bertz CT molecular complexity index is 985. The van der Waals surface area contributed by atoms with Crippen molar-refractivity contribution in [3.63, 3.8) is 0 Å². The maximum absolute atomic E-state index is 6.14. The van der Waals surface area contributed by atoms with Gasteiger partial charge in [0.2, 0.25) is 0 Å². The van der Waals surface area contributed by atoms with E-state index in [-0.39, 0.29) is 5.41 Å². The molecule has 0 aliphatic carbocycles. The molecule has 0 radical (unpaired) electrons. The van der Waals surface area contributed by atoms with Gasteiger partial charge < -0.3 is 22.8 Å². The fourth-order valence-electron chi connectivity index (χ4n) is 3.58. The largest absolute Gasteiger partial charge is 0.503 e. The van der Waals surface area contributed by atoms with Crippen LogP contribution in [0.3, 0.4) is 0 Å². The average Bonchev–Trinajstić information content (AvgIpc) is 2.79. The molecule has 0 aliphatic rings. The molecule has 36 heavy (non-hydrogen) atoms. The Morgan fingerprint density at radius 1 is 0.639 bits per heavy atom. The summed E-state index contributed by atoms with van der Waals surface area (Å²) >= 11 is 14.9. The van der Waals surface area contributed by atoms with Crippen LogP contribution in [0.25, 0.3) is 0 Å². The van der Waals surface area contributed by atoms with Gasteiger partial charge in [0.05, 0.1) is 37.1 Å². The van der Waals surface area contributed by atoms with Crippen LogP contribution in [-0.4, -0.2) is 51.4 Å². The minimum absolute atomic E-state index is 0.282. The van der Waals surface area contributed by atoms with Crippen molar-refractivity contribution in [1.82, 2.24) is 0 Å². The van der Waals surface area contributed by atoms with Gasteiger partial charge in [-0.25, -0.2) is 0 Å². The monoisotopic (exact) mass is 788 g/mol. The number of benzene rings is 2. The van der Waals surface area contributed by atoms with Crippen LogP contribution in [-0.2, 0) is 18.7 Å². The lowest BCUT2D eigenvalue weighted by molar-refractivity contribution is 0.117. The molecule has 0 spiro atoms. The van der Waals surface area contributed by atoms with E-state index in [1.807, 2.05) is 0 Å². The van der Waals surface area contributed by atoms with Gasteiger partial charge in [-0.3, -0.25) is 0 Å². The molecule has 0 unspecified atom stereocenters. The summed E-state index contributed by atoms with van der Waals surface area (Å²) in [6.07, 6.45) is 0. The fourth-order valence-corrected chi connectivity index (χ4v) is 8.59. The summed E-state index contributed by atoms with van der Waals surface area (Å²) in [6, 6.07) is 10.1. The van der Waals surface area contributed by atoms with Gasteiger partial charge in [0.1, 0.15) is 11.5 Å². The predicted octanol–water partition coefficient (Wildman–Crippen LogP) is 9.04. The minimum Gasteiger partial charge on any atom is -0.492 e. The third kappa shape index (κ3) is 8.38. The zero-order chi connectivity index (χ0) is 27.3. The van der Waals surface area contributed by atoms with Crippen molar-refractivity contribution in [2.75, 3.05) is 34.5 Å². The van der Waals surface area contributed by atoms with Crippen molar-refractivity contribution >= 4 is 80.6 Å². The Morgan fingerprint density at radius 2 is 0.972 bits per heavy atom. The third-order valence-corrected chi connectivity index (χ3v) is 12.9. The first-order valence-corrected chi connectivity index (χ1v) is 20.4. The Labute approximate surface area is 251 Å². The summed E-state index contributed by atoms with van der Waals surface area (Å²) in [4.78, 5) is 0. The molecule has 0 aromatic heterocycles. The van der Waals surface area contributed by atoms with E-state index in [2.05, 4.69) is 121 Å². The second kappa shape index (κ2) is 13.6. The topological polar surface area (TPSA) is 46.2 Å². The van der Waals surface area contributed by atoms with Crippen molar-refractivity contribution in [2.45, 2.75) is 51.0 Å². The molecular weight excluding hydrogens is 756 g/mol. The van der Waals surface area contributed by atoms with Crippen molar-refractivity contribution in [2.24, 2.45) is 0 Å². The lowest BCUT2D eigenvalue weighted by Gasteiger charge is -2.29. The van der Waals surface area contributed by atoms with Gasteiger partial charge in [0.15, 0.2) is 0 Å². The van der Waals surface area contributed by atoms with Gasteiger partial charge in [-0.15, -0.1) is 0 Å². The molecule has 0 aliphatic heterocycles. The molecule has 0 heterocycles. The first kappa shape index (κ1) is 32.5. The lowest BCUT2D eigenvalue weighted by atomic mass is 9.78. The molecule has 0 N–H and O–H groups in total. The second-order valence-corrected chi connectivity index (χ2v) is 22.3. The molecule has 2 aromatic carbocycles. The van der Waals surface area contributed by atoms with Crippen molar-refractivity contribution in [1.29, 1.82) is 0 Å². The van der Waals surface area contributed by atoms with Crippen LogP contribution in [0.5, 0.6) is 11.5 Å². The standard InChI is InChI=1S/C25H36Br4O5Si2/c1-25(2,17-13-19(26)23(20(27)14-17)33-9-11-35(6,7)8)18-15-21(28)24(22(29)16-18)34-10-12-36(30-3,31-4)32-5/h13-16H,9-12H2,1-8H3. The summed E-state index contributed by atoms with van der Waals surface area (Å²) in [6.45, 7) is 12.6. The maximum atomic E-state index is 6.14. The van der Waals surface area contributed by atoms with Crippen LogP contribution in [0.2, 0.25) is 31.7 Å². The van der Waals surface area contributed by atoms with Gasteiger partial charge in [-0.05, 0) is 105 Å². The van der Waals surface area contributed by atoms with Crippen molar-refractivity contribution < 1.29 is 22.8 Å². The predicted molar refractivity (Wildman–Crippen MR) is 167 cm³/mol. The molecule has 2 rings (SSSR count).